The summed E-state index contributed by atoms with van der Waals surface area (Å²) in [6, 6.07) is 14.3. The van der Waals surface area contributed by atoms with Gasteiger partial charge in [0.1, 0.15) is 0 Å². The number of rotatable bonds is 18. The number of amides is 1. The molecule has 41 heavy (non-hydrogen) atoms. The molecule has 2 aromatic rings. The highest BCUT2D eigenvalue weighted by molar-refractivity contribution is 6.05. The van der Waals surface area contributed by atoms with Crippen molar-refractivity contribution in [3.8, 4) is 5.75 Å². The first kappa shape index (κ1) is 33.6. The Morgan fingerprint density at radius 1 is 0.780 bits per heavy atom. The van der Waals surface area contributed by atoms with Gasteiger partial charge in [-0.3, -0.25) is 4.79 Å². The molecule has 0 unspecified atom stereocenters. The molecule has 2 rings (SSSR count). The van der Waals surface area contributed by atoms with E-state index in [0.717, 1.165) is 18.9 Å². The van der Waals surface area contributed by atoms with Crippen molar-refractivity contribution in [2.45, 2.75) is 86.0 Å². The highest BCUT2D eigenvalue weighted by Gasteiger charge is 2.20. The summed E-state index contributed by atoms with van der Waals surface area (Å²) in [7, 11) is 0. The third-order valence-corrected chi connectivity index (χ3v) is 6.20. The van der Waals surface area contributed by atoms with Gasteiger partial charge in [0.15, 0.2) is 5.75 Å². The molecule has 0 radical (unpaired) electrons. The van der Waals surface area contributed by atoms with E-state index >= 15 is 0 Å². The van der Waals surface area contributed by atoms with Gasteiger partial charge in [-0.2, -0.15) is 0 Å². The number of nitrogens with one attached hydrogen (secondary N) is 1. The van der Waals surface area contributed by atoms with E-state index in [1.54, 1.807) is 24.3 Å². The normalized spacial score (nSPS) is 11.4. The smallest absolute Gasteiger partial charge is 0.374 e. The molecule has 0 aromatic heterocycles. The number of hydrogen-bond acceptors (Lipinski definition) is 6. The SMILES string of the molecule is CCCCCCCCCc1ccc(C(=O)Nc2ccccc2O/C(=C/C(=O)OCC(C)C)C(=O)OCC(C)C)cc1. The predicted molar refractivity (Wildman–Crippen MR) is 163 cm³/mol. The van der Waals surface area contributed by atoms with Crippen molar-refractivity contribution >= 4 is 23.5 Å². The molecule has 0 aliphatic carbocycles. The fourth-order valence-electron chi connectivity index (χ4n) is 3.92. The molecule has 0 aliphatic heterocycles. The van der Waals surface area contributed by atoms with Gasteiger partial charge in [0.25, 0.3) is 5.91 Å². The summed E-state index contributed by atoms with van der Waals surface area (Å²) in [4.78, 5) is 38.1. The first-order valence-electron chi connectivity index (χ1n) is 14.9. The van der Waals surface area contributed by atoms with Gasteiger partial charge >= 0.3 is 11.9 Å². The van der Waals surface area contributed by atoms with Crippen LogP contribution in [0.4, 0.5) is 5.69 Å². The van der Waals surface area contributed by atoms with Gasteiger partial charge in [-0.1, -0.05) is 97.4 Å². The maximum Gasteiger partial charge on any atom is 0.374 e. The number of esters is 2. The zero-order chi connectivity index (χ0) is 30.0. The van der Waals surface area contributed by atoms with Crippen LogP contribution in [0.15, 0.2) is 60.4 Å². The number of carbonyl (C=O) groups is 3. The lowest BCUT2D eigenvalue weighted by atomic mass is 10.0. The number of hydrogen-bond donors (Lipinski definition) is 1. The lowest BCUT2D eigenvalue weighted by molar-refractivity contribution is -0.144. The monoisotopic (exact) mass is 565 g/mol. The quantitative estimate of drug-likeness (QED) is 0.0855. The van der Waals surface area contributed by atoms with Crippen LogP contribution in [0, 0.1) is 11.8 Å². The Balaban J connectivity index is 2.06. The molecule has 0 heterocycles. The first-order chi connectivity index (χ1) is 19.7. The van der Waals surface area contributed by atoms with Crippen molar-refractivity contribution in [2.24, 2.45) is 11.8 Å². The third kappa shape index (κ3) is 13.5. The summed E-state index contributed by atoms with van der Waals surface area (Å²) >= 11 is 0. The zero-order valence-corrected chi connectivity index (χ0v) is 25.4. The Morgan fingerprint density at radius 3 is 2.05 bits per heavy atom. The molecule has 0 saturated heterocycles. The topological polar surface area (TPSA) is 90.9 Å². The number of unbranched alkanes of at least 4 members (excludes halogenated alkanes) is 6. The number of anilines is 1. The first-order valence-corrected chi connectivity index (χ1v) is 14.9. The molecule has 224 valence electrons. The van der Waals surface area contributed by atoms with Gasteiger partial charge < -0.3 is 19.5 Å². The molecule has 0 atom stereocenters. The average Bonchev–Trinajstić information content (AvgIpc) is 2.95. The average molecular weight is 566 g/mol. The minimum Gasteiger partial charge on any atom is -0.462 e. The summed E-state index contributed by atoms with van der Waals surface area (Å²) in [5, 5.41) is 2.85. The van der Waals surface area contributed by atoms with Gasteiger partial charge in [-0.05, 0) is 54.5 Å². The summed E-state index contributed by atoms with van der Waals surface area (Å²) < 4.78 is 16.3. The zero-order valence-electron chi connectivity index (χ0n) is 25.4. The maximum atomic E-state index is 13.0. The van der Waals surface area contributed by atoms with Crippen LogP contribution < -0.4 is 10.1 Å². The minimum absolute atomic E-state index is 0.0987. The molecule has 0 fully saturated rings. The van der Waals surface area contributed by atoms with Crippen molar-refractivity contribution in [3.05, 3.63) is 71.5 Å². The van der Waals surface area contributed by atoms with Crippen LogP contribution >= 0.6 is 0 Å². The largest absolute Gasteiger partial charge is 0.462 e. The van der Waals surface area contributed by atoms with Crippen LogP contribution in [-0.2, 0) is 25.5 Å². The summed E-state index contributed by atoms with van der Waals surface area (Å²) in [6.45, 7) is 10.2. The second-order valence-electron chi connectivity index (χ2n) is 11.1. The predicted octanol–water partition coefficient (Wildman–Crippen LogP) is 7.89. The van der Waals surface area contributed by atoms with Crippen LogP contribution in [0.5, 0.6) is 5.75 Å². The van der Waals surface area contributed by atoms with E-state index in [9.17, 15) is 14.4 Å². The Hall–Kier alpha value is -3.61. The van der Waals surface area contributed by atoms with Crippen LogP contribution in [0.2, 0.25) is 0 Å². The van der Waals surface area contributed by atoms with Crippen molar-refractivity contribution in [1.29, 1.82) is 0 Å². The molecule has 1 N–H and O–H groups in total. The Morgan fingerprint density at radius 2 is 1.39 bits per heavy atom. The second kappa shape index (κ2) is 18.7. The number of aryl methyl sites for hydroxylation is 1. The number of para-hydroxylation sites is 2. The molecular formula is C34H47NO6. The molecule has 7 nitrogen and oxygen atoms in total. The highest BCUT2D eigenvalue weighted by atomic mass is 16.6. The molecule has 0 spiro atoms. The van der Waals surface area contributed by atoms with Gasteiger partial charge in [-0.25, -0.2) is 9.59 Å². The highest BCUT2D eigenvalue weighted by Crippen LogP contribution is 2.27. The van der Waals surface area contributed by atoms with E-state index in [1.165, 1.54) is 44.1 Å². The van der Waals surface area contributed by atoms with Gasteiger partial charge in [0, 0.05) is 5.56 Å². The lowest BCUT2D eigenvalue weighted by Gasteiger charge is -2.15. The molecule has 2 aromatic carbocycles. The van der Waals surface area contributed by atoms with E-state index in [-0.39, 0.29) is 42.5 Å². The van der Waals surface area contributed by atoms with Crippen LogP contribution in [0.3, 0.4) is 0 Å². The molecule has 1 amide bonds. The van der Waals surface area contributed by atoms with Crippen LogP contribution in [-0.4, -0.2) is 31.1 Å². The van der Waals surface area contributed by atoms with Gasteiger partial charge in [0.2, 0.25) is 5.76 Å². The molecule has 0 saturated carbocycles. The van der Waals surface area contributed by atoms with E-state index in [2.05, 4.69) is 12.2 Å². The van der Waals surface area contributed by atoms with Crippen molar-refractivity contribution in [3.63, 3.8) is 0 Å². The van der Waals surface area contributed by atoms with E-state index in [4.69, 9.17) is 14.2 Å². The molecule has 0 bridgehead atoms. The number of ether oxygens (including phenoxy) is 3. The number of carbonyl (C=O) groups excluding carboxylic acids is 3. The molecule has 7 heteroatoms. The van der Waals surface area contributed by atoms with Crippen LogP contribution in [0.25, 0.3) is 0 Å². The third-order valence-electron chi connectivity index (χ3n) is 6.20. The summed E-state index contributed by atoms with van der Waals surface area (Å²) in [5.41, 5.74) is 2.06. The maximum absolute atomic E-state index is 13.0. The number of benzene rings is 2. The van der Waals surface area contributed by atoms with E-state index < -0.39 is 11.9 Å². The van der Waals surface area contributed by atoms with Crippen molar-refractivity contribution < 1.29 is 28.6 Å². The summed E-state index contributed by atoms with van der Waals surface area (Å²) in [5.74, 6) is -1.72. The second-order valence-corrected chi connectivity index (χ2v) is 11.1. The van der Waals surface area contributed by atoms with E-state index in [0.29, 0.717) is 11.3 Å². The standard InChI is InChI=1S/C34H47NO6/c1-6-7-8-9-10-11-12-15-27-18-20-28(21-19-27)33(37)35-29-16-13-14-17-30(29)41-31(34(38)40-24-26(4)5)22-32(36)39-23-25(2)3/h13-14,16-22,25-26H,6-12,15,23-24H2,1-5H3,(H,35,37)/b31-22+. The van der Waals surface area contributed by atoms with Crippen molar-refractivity contribution in [1.82, 2.24) is 0 Å². The fraction of sp³-hybridized carbons (Fsp3) is 0.500. The van der Waals surface area contributed by atoms with Crippen molar-refractivity contribution in [2.75, 3.05) is 18.5 Å². The molecule has 0 aliphatic rings. The van der Waals surface area contributed by atoms with Crippen LogP contribution in [0.1, 0.15) is 95.5 Å². The van der Waals surface area contributed by atoms with E-state index in [1.807, 2.05) is 52.0 Å². The fourth-order valence-corrected chi connectivity index (χ4v) is 3.92. The molecular weight excluding hydrogens is 518 g/mol. The Kier molecular flexibility index (Phi) is 15.3. The Labute approximate surface area is 245 Å². The summed E-state index contributed by atoms with van der Waals surface area (Å²) in [6.07, 6.45) is 10.8. The minimum atomic E-state index is -0.794. The van der Waals surface area contributed by atoms with Gasteiger partial charge in [0.05, 0.1) is 25.0 Å². The Bertz CT molecular complexity index is 1120. The lowest BCUT2D eigenvalue weighted by Crippen LogP contribution is -2.19. The van der Waals surface area contributed by atoms with Gasteiger partial charge in [-0.15, -0.1) is 0 Å².